The molecule has 1 spiro atoms. The Morgan fingerprint density at radius 1 is 1.02 bits per heavy atom. The Morgan fingerprint density at radius 2 is 1.63 bits per heavy atom. The number of rotatable bonds is 4. The first-order chi connectivity index (χ1) is 21.7. The van der Waals surface area contributed by atoms with Crippen LogP contribution in [0.15, 0.2) is 71.2 Å². The number of carbonyl (C=O) groups is 1. The molecular formula is C35H37N3O3S5. The Kier molecular flexibility index (Phi) is 7.53. The third kappa shape index (κ3) is 4.20. The van der Waals surface area contributed by atoms with Gasteiger partial charge in [0.05, 0.1) is 17.8 Å². The van der Waals surface area contributed by atoms with Gasteiger partial charge in [0.2, 0.25) is 0 Å². The number of nitrogens with zero attached hydrogens (tertiary/aromatic N) is 3. The molecule has 1 aromatic carbocycles. The largest absolute Gasteiger partial charge is 0.345 e. The second-order valence-electron chi connectivity index (χ2n) is 13.2. The average molecular weight is 708 g/mol. The summed E-state index contributed by atoms with van der Waals surface area (Å²) in [4.78, 5) is 46.8. The second-order valence-corrected chi connectivity index (χ2v) is 19.1. The molecule has 0 saturated heterocycles. The van der Waals surface area contributed by atoms with Gasteiger partial charge in [0, 0.05) is 31.4 Å². The molecule has 0 N–H and O–H groups in total. The summed E-state index contributed by atoms with van der Waals surface area (Å²) in [5.41, 5.74) is 10.4. The lowest BCUT2D eigenvalue weighted by atomic mass is 9.75. The maximum Gasteiger partial charge on any atom is 0.345 e. The zero-order valence-corrected chi connectivity index (χ0v) is 31.5. The predicted molar refractivity (Wildman–Crippen MR) is 202 cm³/mol. The molecule has 5 heterocycles. The summed E-state index contributed by atoms with van der Waals surface area (Å²) in [5.74, 6) is 0.364. The van der Waals surface area contributed by atoms with E-state index < -0.39 is 19.4 Å². The molecule has 2 unspecified atom stereocenters. The van der Waals surface area contributed by atoms with Crippen LogP contribution >= 0.6 is 56.0 Å². The summed E-state index contributed by atoms with van der Waals surface area (Å²) in [7, 11) is 1.75. The van der Waals surface area contributed by atoms with Crippen molar-refractivity contribution in [3.8, 4) is 0 Å². The number of fused-ring (bicyclic) bond motifs is 4. The molecule has 240 valence electrons. The van der Waals surface area contributed by atoms with Crippen LogP contribution in [0.25, 0.3) is 11.1 Å². The zero-order chi connectivity index (χ0) is 33.2. The van der Waals surface area contributed by atoms with Crippen molar-refractivity contribution in [3.05, 3.63) is 103 Å². The molecule has 2 atom stereocenters. The fourth-order valence-electron chi connectivity index (χ4n) is 7.58. The van der Waals surface area contributed by atoms with E-state index in [1.165, 1.54) is 42.0 Å². The van der Waals surface area contributed by atoms with Crippen LogP contribution in [0.3, 0.4) is 0 Å². The Labute approximate surface area is 290 Å². The molecule has 2 aromatic rings. The maximum atomic E-state index is 14.9. The molecule has 46 heavy (non-hydrogen) atoms. The molecule has 0 bridgehead atoms. The molecule has 0 fully saturated rings. The van der Waals surface area contributed by atoms with E-state index in [1.807, 2.05) is 28.4 Å². The van der Waals surface area contributed by atoms with Crippen molar-refractivity contribution >= 4 is 78.8 Å². The number of amides is 2. The SMILES string of the molecule is C=C(C)C1=C(C(=C)C)SC2(S1)C(C)=C(C)SC1=C2c2cc3c(c4c2N(C(=O)N(n2c(=O)ssc2=O)C4)C1(C)CC)C(C)=CC(C)C3. The van der Waals surface area contributed by atoms with E-state index in [4.69, 9.17) is 0 Å². The first kappa shape index (κ1) is 32.1. The number of carbonyl (C=O) groups excluding carboxylic acids is 1. The van der Waals surface area contributed by atoms with E-state index >= 15 is 0 Å². The van der Waals surface area contributed by atoms with Gasteiger partial charge in [-0.15, -0.1) is 0 Å². The second kappa shape index (κ2) is 10.8. The monoisotopic (exact) mass is 707 g/mol. The Balaban J connectivity index is 1.59. The number of anilines is 1. The minimum absolute atomic E-state index is 0.155. The molecule has 0 saturated carbocycles. The summed E-state index contributed by atoms with van der Waals surface area (Å²) >= 11 is 5.51. The molecule has 1 aromatic heterocycles. The highest BCUT2D eigenvalue weighted by Crippen LogP contribution is 2.72. The van der Waals surface area contributed by atoms with E-state index in [1.54, 1.807) is 11.8 Å². The van der Waals surface area contributed by atoms with Gasteiger partial charge in [-0.1, -0.05) is 68.4 Å². The van der Waals surface area contributed by atoms with E-state index in [0.29, 0.717) is 12.3 Å². The Hall–Kier alpha value is -2.44. The van der Waals surface area contributed by atoms with Crippen LogP contribution in [-0.4, -0.2) is 20.3 Å². The van der Waals surface area contributed by atoms with Gasteiger partial charge in [-0.2, -0.15) is 4.68 Å². The van der Waals surface area contributed by atoms with Gasteiger partial charge in [0.15, 0.2) is 0 Å². The minimum atomic E-state index is -0.733. The predicted octanol–water partition coefficient (Wildman–Crippen LogP) is 9.48. The van der Waals surface area contributed by atoms with E-state index in [0.717, 1.165) is 70.2 Å². The van der Waals surface area contributed by atoms with E-state index in [2.05, 4.69) is 80.7 Å². The molecule has 2 amide bonds. The Bertz CT molecular complexity index is 2020. The van der Waals surface area contributed by atoms with Crippen molar-refractivity contribution in [1.82, 2.24) is 4.68 Å². The quantitative estimate of drug-likeness (QED) is 0.295. The summed E-state index contributed by atoms with van der Waals surface area (Å²) in [6.07, 6.45) is 3.83. The van der Waals surface area contributed by atoms with Gasteiger partial charge in [0.1, 0.15) is 4.08 Å². The van der Waals surface area contributed by atoms with Crippen molar-refractivity contribution in [2.45, 2.75) is 84.4 Å². The van der Waals surface area contributed by atoms with Gasteiger partial charge in [0.25, 0.3) is 0 Å². The lowest BCUT2D eigenvalue weighted by molar-refractivity contribution is 0.237. The molecule has 1 aliphatic carbocycles. The summed E-state index contributed by atoms with van der Waals surface area (Å²) in [6, 6.07) is 2.02. The van der Waals surface area contributed by atoms with Crippen molar-refractivity contribution < 1.29 is 4.79 Å². The van der Waals surface area contributed by atoms with Crippen molar-refractivity contribution in [2.75, 3.05) is 9.91 Å². The Morgan fingerprint density at radius 3 is 2.20 bits per heavy atom. The topological polar surface area (TPSA) is 62.6 Å². The van der Waals surface area contributed by atoms with Crippen molar-refractivity contribution in [1.29, 1.82) is 0 Å². The van der Waals surface area contributed by atoms with Gasteiger partial charge in [-0.05, 0) is 125 Å². The van der Waals surface area contributed by atoms with Gasteiger partial charge >= 0.3 is 15.8 Å². The number of aromatic nitrogens is 1. The van der Waals surface area contributed by atoms with Crippen LogP contribution in [0.4, 0.5) is 10.5 Å². The van der Waals surface area contributed by atoms with Crippen LogP contribution in [0, 0.1) is 5.92 Å². The van der Waals surface area contributed by atoms with Crippen LogP contribution < -0.4 is 19.7 Å². The van der Waals surface area contributed by atoms with Crippen LogP contribution in [0.5, 0.6) is 0 Å². The first-order valence-corrected chi connectivity index (χ1v) is 20.0. The molecular weight excluding hydrogens is 671 g/mol. The molecule has 5 aliphatic rings. The molecule has 4 aliphatic heterocycles. The third-order valence-electron chi connectivity index (χ3n) is 9.91. The highest BCUT2D eigenvalue weighted by atomic mass is 32.9. The lowest BCUT2D eigenvalue weighted by Crippen LogP contribution is -2.65. The number of thioether (sulfide) groups is 3. The van der Waals surface area contributed by atoms with Crippen molar-refractivity contribution in [3.63, 3.8) is 0 Å². The van der Waals surface area contributed by atoms with E-state index in [-0.39, 0.29) is 12.6 Å². The van der Waals surface area contributed by atoms with Crippen LogP contribution in [-0.2, 0) is 13.0 Å². The van der Waals surface area contributed by atoms with Gasteiger partial charge in [-0.25, -0.2) is 9.80 Å². The number of benzene rings is 1. The minimum Gasteiger partial charge on any atom is -0.281 e. The highest BCUT2D eigenvalue weighted by molar-refractivity contribution is 8.26. The summed E-state index contributed by atoms with van der Waals surface area (Å²) < 4.78 is 0.594. The number of hydrogen-bond donors (Lipinski definition) is 0. The lowest BCUT2D eigenvalue weighted by Gasteiger charge is -2.55. The first-order valence-electron chi connectivity index (χ1n) is 15.4. The normalized spacial score (nSPS) is 24.8. The molecule has 7 rings (SSSR count). The van der Waals surface area contributed by atoms with Gasteiger partial charge < -0.3 is 0 Å². The fraction of sp³-hybridized carbons (Fsp3) is 0.400. The van der Waals surface area contributed by atoms with E-state index in [9.17, 15) is 14.4 Å². The standard InChI is InChI=1S/C35H37N3O3S5/c1-11-34(10)30-26(35(20(8)21(9)42-30)43-28(16(2)3)29(44-35)17(4)5)23-14-22-13-18(6)12-19(7)25(22)24-15-36(31(39)37(34)27(23)24)38-32(40)45-46-33(38)41/h12,14,18H,2,4,11,13,15H2,1,3,5-10H3. The smallest absolute Gasteiger partial charge is 0.281 e. The molecule has 11 heteroatoms. The highest BCUT2D eigenvalue weighted by Gasteiger charge is 2.59. The molecule has 0 radical (unpaired) electrons. The van der Waals surface area contributed by atoms with Crippen LogP contribution in [0.1, 0.15) is 84.1 Å². The fourth-order valence-corrected chi connectivity index (χ4v) is 14.4. The van der Waals surface area contributed by atoms with Crippen molar-refractivity contribution in [2.24, 2.45) is 5.92 Å². The number of urea groups is 1. The average Bonchev–Trinajstić information content (AvgIpc) is 3.55. The third-order valence-corrected chi connectivity index (χ3v) is 16.9. The maximum absolute atomic E-state index is 14.9. The summed E-state index contributed by atoms with van der Waals surface area (Å²) in [6.45, 7) is 26.2. The van der Waals surface area contributed by atoms with Crippen LogP contribution in [0.2, 0.25) is 0 Å². The molecule has 6 nitrogen and oxygen atoms in total. The number of hydrogen-bond acceptors (Lipinski definition) is 8. The number of allylic oxidation sites excluding steroid dienone is 5. The van der Waals surface area contributed by atoms with Gasteiger partial charge in [-0.3, -0.25) is 14.5 Å². The summed E-state index contributed by atoms with van der Waals surface area (Å²) in [5, 5.41) is 1.39. The zero-order valence-electron chi connectivity index (χ0n) is 27.4.